The second kappa shape index (κ2) is 10.0. The van der Waals surface area contributed by atoms with Crippen molar-refractivity contribution >= 4 is 11.6 Å². The fourth-order valence-electron chi connectivity index (χ4n) is 4.02. The first kappa shape index (κ1) is 21.5. The molecule has 1 fully saturated rings. The molecule has 0 radical (unpaired) electrons. The SMILES string of the molecule is CC(C)c1cccc(C(C)C)c1NC(=O)CN1CCN(Cc2ccccc2)CC1. The Hall–Kier alpha value is -2.17. The van der Waals surface area contributed by atoms with Crippen LogP contribution in [0.15, 0.2) is 48.5 Å². The van der Waals surface area contributed by atoms with E-state index in [9.17, 15) is 4.79 Å². The van der Waals surface area contributed by atoms with Crippen LogP contribution in [-0.2, 0) is 11.3 Å². The molecule has 2 aromatic rings. The minimum atomic E-state index is 0.0940. The van der Waals surface area contributed by atoms with Crippen LogP contribution in [0.3, 0.4) is 0 Å². The molecule has 1 aliphatic rings. The van der Waals surface area contributed by atoms with Crippen molar-refractivity contribution < 1.29 is 4.79 Å². The van der Waals surface area contributed by atoms with E-state index in [-0.39, 0.29) is 5.91 Å². The summed E-state index contributed by atoms with van der Waals surface area (Å²) >= 11 is 0. The van der Waals surface area contributed by atoms with Gasteiger partial charge in [0.2, 0.25) is 5.91 Å². The maximum absolute atomic E-state index is 12.8. The third-order valence-corrected chi connectivity index (χ3v) is 5.72. The molecule has 29 heavy (non-hydrogen) atoms. The third-order valence-electron chi connectivity index (χ3n) is 5.72. The van der Waals surface area contributed by atoms with Gasteiger partial charge in [-0.1, -0.05) is 76.2 Å². The number of amides is 1. The van der Waals surface area contributed by atoms with Crippen molar-refractivity contribution in [2.75, 3.05) is 38.0 Å². The van der Waals surface area contributed by atoms with E-state index in [1.165, 1.54) is 16.7 Å². The van der Waals surface area contributed by atoms with Crippen molar-refractivity contribution in [3.63, 3.8) is 0 Å². The zero-order valence-corrected chi connectivity index (χ0v) is 18.3. The standard InChI is InChI=1S/C25H35N3O/c1-19(2)22-11-8-12-23(20(3)4)25(22)26-24(29)18-28-15-13-27(14-16-28)17-21-9-6-5-7-10-21/h5-12,19-20H,13-18H2,1-4H3,(H,26,29). The van der Waals surface area contributed by atoms with Crippen LogP contribution < -0.4 is 5.32 Å². The second-order valence-electron chi connectivity index (χ2n) is 8.71. The molecule has 0 aromatic heterocycles. The Morgan fingerprint density at radius 2 is 1.38 bits per heavy atom. The molecule has 4 heteroatoms. The molecule has 0 bridgehead atoms. The number of nitrogens with zero attached hydrogens (tertiary/aromatic N) is 2. The summed E-state index contributed by atoms with van der Waals surface area (Å²) in [6.45, 7) is 14.0. The Morgan fingerprint density at radius 1 is 0.828 bits per heavy atom. The molecular weight excluding hydrogens is 358 g/mol. The van der Waals surface area contributed by atoms with Crippen molar-refractivity contribution in [2.45, 2.75) is 46.1 Å². The van der Waals surface area contributed by atoms with Gasteiger partial charge in [-0.3, -0.25) is 14.6 Å². The number of hydrogen-bond acceptors (Lipinski definition) is 3. The van der Waals surface area contributed by atoms with Crippen molar-refractivity contribution in [3.8, 4) is 0 Å². The molecular formula is C25H35N3O. The van der Waals surface area contributed by atoms with Crippen LogP contribution in [0.1, 0.15) is 56.2 Å². The lowest BCUT2D eigenvalue weighted by Crippen LogP contribution is -2.48. The fraction of sp³-hybridized carbons (Fsp3) is 0.480. The summed E-state index contributed by atoms with van der Waals surface area (Å²) < 4.78 is 0. The molecule has 0 spiro atoms. The highest BCUT2D eigenvalue weighted by Gasteiger charge is 2.21. The van der Waals surface area contributed by atoms with Gasteiger partial charge in [0.15, 0.2) is 0 Å². The lowest BCUT2D eigenvalue weighted by Gasteiger charge is -2.34. The average Bonchev–Trinajstić information content (AvgIpc) is 2.70. The molecule has 4 nitrogen and oxygen atoms in total. The predicted octanol–water partition coefficient (Wildman–Crippen LogP) is 4.69. The number of carbonyl (C=O) groups excluding carboxylic acids is 1. The van der Waals surface area contributed by atoms with Gasteiger partial charge < -0.3 is 5.32 Å². The van der Waals surface area contributed by atoms with Crippen molar-refractivity contribution in [3.05, 3.63) is 65.2 Å². The van der Waals surface area contributed by atoms with E-state index < -0.39 is 0 Å². The van der Waals surface area contributed by atoms with E-state index in [4.69, 9.17) is 0 Å². The minimum Gasteiger partial charge on any atom is -0.324 e. The van der Waals surface area contributed by atoms with Gasteiger partial charge in [0.25, 0.3) is 0 Å². The molecule has 0 aliphatic carbocycles. The van der Waals surface area contributed by atoms with Crippen molar-refractivity contribution in [1.82, 2.24) is 9.80 Å². The Balaban J connectivity index is 1.56. The number of hydrogen-bond donors (Lipinski definition) is 1. The first-order valence-corrected chi connectivity index (χ1v) is 10.9. The lowest BCUT2D eigenvalue weighted by atomic mass is 9.92. The summed E-state index contributed by atoms with van der Waals surface area (Å²) in [5, 5.41) is 3.25. The number of piperazine rings is 1. The molecule has 1 aliphatic heterocycles. The van der Waals surface area contributed by atoms with Gasteiger partial charge in [0.1, 0.15) is 0 Å². The summed E-state index contributed by atoms with van der Waals surface area (Å²) in [5.74, 6) is 0.854. The number of benzene rings is 2. The molecule has 1 heterocycles. The molecule has 3 rings (SSSR count). The van der Waals surface area contributed by atoms with Gasteiger partial charge in [0, 0.05) is 38.4 Å². The second-order valence-corrected chi connectivity index (χ2v) is 8.71. The first-order valence-electron chi connectivity index (χ1n) is 10.9. The normalized spacial score (nSPS) is 15.8. The Labute approximate surface area is 175 Å². The molecule has 1 N–H and O–H groups in total. The zero-order chi connectivity index (χ0) is 20.8. The van der Waals surface area contributed by atoms with Crippen LogP contribution in [0.25, 0.3) is 0 Å². The number of anilines is 1. The predicted molar refractivity (Wildman–Crippen MR) is 121 cm³/mol. The Kier molecular flexibility index (Phi) is 7.45. The van der Waals surface area contributed by atoms with Crippen LogP contribution >= 0.6 is 0 Å². The number of carbonyl (C=O) groups is 1. The highest BCUT2D eigenvalue weighted by Crippen LogP contribution is 2.32. The van der Waals surface area contributed by atoms with Crippen LogP contribution in [0.2, 0.25) is 0 Å². The molecule has 156 valence electrons. The van der Waals surface area contributed by atoms with Gasteiger partial charge in [-0.05, 0) is 28.5 Å². The van der Waals surface area contributed by atoms with Gasteiger partial charge in [-0.15, -0.1) is 0 Å². The molecule has 0 atom stereocenters. The maximum atomic E-state index is 12.8. The smallest absolute Gasteiger partial charge is 0.238 e. The van der Waals surface area contributed by atoms with Gasteiger partial charge in [0.05, 0.1) is 6.54 Å². The maximum Gasteiger partial charge on any atom is 0.238 e. The van der Waals surface area contributed by atoms with Gasteiger partial charge in [-0.25, -0.2) is 0 Å². The Morgan fingerprint density at radius 3 is 1.93 bits per heavy atom. The summed E-state index contributed by atoms with van der Waals surface area (Å²) in [7, 11) is 0. The highest BCUT2D eigenvalue weighted by molar-refractivity contribution is 5.94. The first-order chi connectivity index (χ1) is 13.9. The monoisotopic (exact) mass is 393 g/mol. The van der Waals surface area contributed by atoms with Gasteiger partial charge >= 0.3 is 0 Å². The Bertz CT molecular complexity index is 767. The largest absolute Gasteiger partial charge is 0.324 e. The fourth-order valence-corrected chi connectivity index (χ4v) is 4.02. The number of para-hydroxylation sites is 1. The molecule has 2 aromatic carbocycles. The molecule has 1 saturated heterocycles. The summed E-state index contributed by atoms with van der Waals surface area (Å²) in [5.41, 5.74) is 4.81. The molecule has 0 saturated carbocycles. The topological polar surface area (TPSA) is 35.6 Å². The van der Waals surface area contributed by atoms with E-state index >= 15 is 0 Å². The van der Waals surface area contributed by atoms with Crippen LogP contribution in [0.5, 0.6) is 0 Å². The summed E-state index contributed by atoms with van der Waals surface area (Å²) in [6, 6.07) is 17.0. The van der Waals surface area contributed by atoms with Crippen molar-refractivity contribution in [2.24, 2.45) is 0 Å². The summed E-state index contributed by atoms with van der Waals surface area (Å²) in [6.07, 6.45) is 0. The minimum absolute atomic E-state index is 0.0940. The number of nitrogens with one attached hydrogen (secondary N) is 1. The summed E-state index contributed by atoms with van der Waals surface area (Å²) in [4.78, 5) is 17.6. The van der Waals surface area contributed by atoms with E-state index in [1.807, 2.05) is 0 Å². The average molecular weight is 394 g/mol. The van der Waals surface area contributed by atoms with E-state index in [1.54, 1.807) is 0 Å². The quantitative estimate of drug-likeness (QED) is 0.741. The lowest BCUT2D eigenvalue weighted by molar-refractivity contribution is -0.117. The zero-order valence-electron chi connectivity index (χ0n) is 18.3. The number of rotatable bonds is 7. The van der Waals surface area contributed by atoms with Crippen LogP contribution in [0, 0.1) is 0 Å². The molecule has 0 unspecified atom stereocenters. The highest BCUT2D eigenvalue weighted by atomic mass is 16.2. The van der Waals surface area contributed by atoms with E-state index in [2.05, 4.69) is 91.3 Å². The third kappa shape index (κ3) is 5.91. The van der Waals surface area contributed by atoms with Crippen LogP contribution in [0.4, 0.5) is 5.69 Å². The van der Waals surface area contributed by atoms with Crippen molar-refractivity contribution in [1.29, 1.82) is 0 Å². The van der Waals surface area contributed by atoms with E-state index in [0.29, 0.717) is 18.4 Å². The van der Waals surface area contributed by atoms with E-state index in [0.717, 1.165) is 38.4 Å². The van der Waals surface area contributed by atoms with Gasteiger partial charge in [-0.2, -0.15) is 0 Å². The van der Waals surface area contributed by atoms with Crippen LogP contribution in [-0.4, -0.2) is 48.4 Å². The molecule has 1 amide bonds.